The minimum Gasteiger partial charge on any atom is -0.493 e. The number of benzene rings is 1. The Morgan fingerprint density at radius 3 is 2.48 bits per heavy atom. The molecule has 29 heavy (non-hydrogen) atoms. The van der Waals surface area contributed by atoms with Gasteiger partial charge in [0.15, 0.2) is 16.6 Å². The highest BCUT2D eigenvalue weighted by Gasteiger charge is 2.27. The molecule has 0 spiro atoms. The summed E-state index contributed by atoms with van der Waals surface area (Å²) in [6.45, 7) is 0.786. The summed E-state index contributed by atoms with van der Waals surface area (Å²) in [4.78, 5) is 19.2. The average molecular weight is 416 g/mol. The molecule has 0 radical (unpaired) electrons. The molecule has 154 valence electrons. The van der Waals surface area contributed by atoms with Crippen molar-refractivity contribution in [3.05, 3.63) is 47.8 Å². The van der Waals surface area contributed by atoms with E-state index in [1.807, 2.05) is 18.3 Å². The van der Waals surface area contributed by atoms with E-state index in [9.17, 15) is 4.79 Å². The second kappa shape index (κ2) is 9.56. The van der Waals surface area contributed by atoms with E-state index in [2.05, 4.69) is 15.2 Å². The Balaban J connectivity index is 1.80. The number of hydrogen-bond acceptors (Lipinski definition) is 6. The molecule has 1 atom stereocenters. The zero-order valence-electron chi connectivity index (χ0n) is 16.8. The first-order valence-corrected chi connectivity index (χ1v) is 9.81. The molecule has 3 rings (SSSR count). The molecule has 0 saturated carbocycles. The lowest BCUT2D eigenvalue weighted by molar-refractivity contribution is 0.0968. The lowest BCUT2D eigenvalue weighted by atomic mass is 9.97. The number of ether oxygens (including phenoxy) is 3. The van der Waals surface area contributed by atoms with Crippen molar-refractivity contribution >= 4 is 23.2 Å². The molecule has 1 aromatic heterocycles. The van der Waals surface area contributed by atoms with Crippen molar-refractivity contribution in [1.82, 2.24) is 15.2 Å². The summed E-state index contributed by atoms with van der Waals surface area (Å²) in [5, 5.41) is 3.25. The van der Waals surface area contributed by atoms with Crippen LogP contribution in [0.15, 0.2) is 36.7 Å². The van der Waals surface area contributed by atoms with Crippen LogP contribution >= 0.6 is 12.2 Å². The van der Waals surface area contributed by atoms with E-state index in [0.717, 1.165) is 31.4 Å². The molecule has 2 heterocycles. The minimum atomic E-state index is -0.329. The second-order valence-electron chi connectivity index (χ2n) is 6.66. The molecule has 8 heteroatoms. The number of likely N-dealkylation sites (tertiary alicyclic amines) is 1. The molecule has 1 fully saturated rings. The van der Waals surface area contributed by atoms with Crippen LogP contribution in [0.1, 0.15) is 41.2 Å². The Labute approximate surface area is 176 Å². The molecular formula is C21H25N3O4S. The third kappa shape index (κ3) is 4.59. The van der Waals surface area contributed by atoms with E-state index in [-0.39, 0.29) is 11.9 Å². The molecule has 1 aromatic carbocycles. The Morgan fingerprint density at radius 1 is 1.17 bits per heavy atom. The number of amides is 1. The van der Waals surface area contributed by atoms with Crippen LogP contribution in [0, 0.1) is 0 Å². The Morgan fingerprint density at radius 2 is 1.90 bits per heavy atom. The van der Waals surface area contributed by atoms with Crippen molar-refractivity contribution in [1.29, 1.82) is 0 Å². The first kappa shape index (κ1) is 20.9. The normalized spacial score (nSPS) is 16.1. The Bertz CT molecular complexity index is 850. The van der Waals surface area contributed by atoms with Crippen molar-refractivity contribution < 1.29 is 19.0 Å². The maximum Gasteiger partial charge on any atom is 0.257 e. The van der Waals surface area contributed by atoms with E-state index in [1.54, 1.807) is 18.3 Å². The first-order chi connectivity index (χ1) is 14.1. The molecule has 1 N–H and O–H groups in total. The summed E-state index contributed by atoms with van der Waals surface area (Å²) >= 11 is 5.58. The number of hydrogen-bond donors (Lipinski definition) is 1. The van der Waals surface area contributed by atoms with Crippen molar-refractivity contribution in [2.75, 3.05) is 27.9 Å². The maximum atomic E-state index is 12.9. The van der Waals surface area contributed by atoms with Crippen LogP contribution in [0.2, 0.25) is 0 Å². The fraction of sp³-hybridized carbons (Fsp3) is 0.381. The number of carbonyl (C=O) groups excluding carboxylic acids is 1. The molecule has 1 aliphatic rings. The van der Waals surface area contributed by atoms with E-state index in [1.165, 1.54) is 21.3 Å². The first-order valence-electron chi connectivity index (χ1n) is 9.41. The van der Waals surface area contributed by atoms with Gasteiger partial charge in [-0.15, -0.1) is 0 Å². The fourth-order valence-corrected chi connectivity index (χ4v) is 3.86. The van der Waals surface area contributed by atoms with Gasteiger partial charge in [-0.05, 0) is 55.2 Å². The van der Waals surface area contributed by atoms with Gasteiger partial charge in [0, 0.05) is 24.5 Å². The molecule has 0 bridgehead atoms. The van der Waals surface area contributed by atoms with Gasteiger partial charge in [0.1, 0.15) is 0 Å². The van der Waals surface area contributed by atoms with E-state index in [4.69, 9.17) is 26.4 Å². The van der Waals surface area contributed by atoms with E-state index >= 15 is 0 Å². The van der Waals surface area contributed by atoms with Gasteiger partial charge in [0.05, 0.1) is 27.4 Å². The van der Waals surface area contributed by atoms with Crippen molar-refractivity contribution in [2.24, 2.45) is 0 Å². The lowest BCUT2D eigenvalue weighted by Crippen LogP contribution is -2.46. The number of piperidine rings is 1. The summed E-state index contributed by atoms with van der Waals surface area (Å²) < 4.78 is 16.0. The van der Waals surface area contributed by atoms with Crippen molar-refractivity contribution in [2.45, 2.75) is 25.3 Å². The van der Waals surface area contributed by atoms with Crippen molar-refractivity contribution in [3.63, 3.8) is 0 Å². The topological polar surface area (TPSA) is 72.9 Å². The third-order valence-electron chi connectivity index (χ3n) is 4.98. The molecule has 0 unspecified atom stereocenters. The fourth-order valence-electron chi connectivity index (χ4n) is 3.55. The smallest absolute Gasteiger partial charge is 0.257 e. The maximum absolute atomic E-state index is 12.9. The van der Waals surface area contributed by atoms with Gasteiger partial charge in [-0.25, -0.2) is 0 Å². The molecule has 7 nitrogen and oxygen atoms in total. The predicted octanol–water partition coefficient (Wildman–Crippen LogP) is 3.35. The van der Waals surface area contributed by atoms with Crippen LogP contribution in [0.3, 0.4) is 0 Å². The SMILES string of the molecule is COc1cc(C(=O)NC(=S)N2CCCC[C@H]2c2cccnc2)cc(OC)c1OC. The number of aromatic nitrogens is 1. The molecule has 0 aliphatic carbocycles. The number of nitrogens with one attached hydrogen (secondary N) is 1. The summed E-state index contributed by atoms with van der Waals surface area (Å²) in [6.07, 6.45) is 6.70. The number of thiocarbonyl (C=S) groups is 1. The zero-order valence-corrected chi connectivity index (χ0v) is 17.6. The van der Waals surface area contributed by atoms with Crippen LogP contribution in [-0.4, -0.2) is 48.8 Å². The van der Waals surface area contributed by atoms with Gasteiger partial charge in [0.2, 0.25) is 5.75 Å². The Hall–Kier alpha value is -2.87. The number of carbonyl (C=O) groups is 1. The van der Waals surface area contributed by atoms with Gasteiger partial charge >= 0.3 is 0 Å². The highest BCUT2D eigenvalue weighted by atomic mass is 32.1. The molecular weight excluding hydrogens is 390 g/mol. The van der Waals surface area contributed by atoms with Crippen LogP contribution in [0.25, 0.3) is 0 Å². The Kier molecular flexibility index (Phi) is 6.87. The number of nitrogens with zero attached hydrogens (tertiary/aromatic N) is 2. The quantitative estimate of drug-likeness (QED) is 0.751. The monoisotopic (exact) mass is 415 g/mol. The van der Waals surface area contributed by atoms with E-state index in [0.29, 0.717) is 27.9 Å². The summed E-state index contributed by atoms with van der Waals surface area (Å²) in [7, 11) is 4.54. The molecule has 1 aliphatic heterocycles. The summed E-state index contributed by atoms with van der Waals surface area (Å²) in [5.41, 5.74) is 1.47. The predicted molar refractivity (Wildman–Crippen MR) is 114 cm³/mol. The van der Waals surface area contributed by atoms with Gasteiger partial charge in [-0.2, -0.15) is 0 Å². The van der Waals surface area contributed by atoms with Crippen LogP contribution in [0.5, 0.6) is 17.2 Å². The number of rotatable bonds is 5. The molecule has 1 amide bonds. The third-order valence-corrected chi connectivity index (χ3v) is 5.32. The highest BCUT2D eigenvalue weighted by molar-refractivity contribution is 7.80. The zero-order chi connectivity index (χ0) is 20.8. The van der Waals surface area contributed by atoms with Gasteiger partial charge < -0.3 is 19.1 Å². The van der Waals surface area contributed by atoms with Crippen molar-refractivity contribution in [3.8, 4) is 17.2 Å². The largest absolute Gasteiger partial charge is 0.493 e. The van der Waals surface area contributed by atoms with E-state index < -0.39 is 0 Å². The standard InChI is InChI=1S/C21H25N3O4S/c1-26-17-11-15(12-18(27-2)19(17)28-3)20(25)23-21(29)24-10-5-4-8-16(24)14-7-6-9-22-13-14/h6-7,9,11-13,16H,4-5,8,10H2,1-3H3,(H,23,25,29)/t16-/m0/s1. The summed E-state index contributed by atoms with van der Waals surface area (Å²) in [5.74, 6) is 0.926. The second-order valence-corrected chi connectivity index (χ2v) is 7.05. The van der Waals surface area contributed by atoms with Crippen LogP contribution < -0.4 is 19.5 Å². The lowest BCUT2D eigenvalue weighted by Gasteiger charge is -2.37. The summed E-state index contributed by atoms with van der Waals surface area (Å²) in [6, 6.07) is 7.27. The number of pyridine rings is 1. The van der Waals surface area contributed by atoms with Gasteiger partial charge in [-0.1, -0.05) is 6.07 Å². The van der Waals surface area contributed by atoms with Crippen LogP contribution in [0.4, 0.5) is 0 Å². The minimum absolute atomic E-state index is 0.102. The van der Waals surface area contributed by atoms with Gasteiger partial charge in [0.25, 0.3) is 5.91 Å². The van der Waals surface area contributed by atoms with Crippen LogP contribution in [-0.2, 0) is 0 Å². The average Bonchev–Trinajstić information content (AvgIpc) is 2.78. The van der Waals surface area contributed by atoms with Gasteiger partial charge in [-0.3, -0.25) is 15.1 Å². The molecule has 2 aromatic rings. The highest BCUT2D eigenvalue weighted by Crippen LogP contribution is 2.38. The number of methoxy groups -OCH3 is 3. The molecule has 1 saturated heterocycles.